The number of imidazole rings is 1. The van der Waals surface area contributed by atoms with E-state index in [0.717, 1.165) is 16.9 Å². The van der Waals surface area contributed by atoms with E-state index in [2.05, 4.69) is 20.1 Å². The average molecular weight is 264 g/mol. The van der Waals surface area contributed by atoms with Gasteiger partial charge >= 0.3 is 0 Å². The molecule has 3 aromatic rings. The van der Waals surface area contributed by atoms with Crippen LogP contribution in [0, 0.1) is 0 Å². The zero-order valence-electron chi connectivity index (χ0n) is 9.45. The van der Waals surface area contributed by atoms with Gasteiger partial charge in [-0.25, -0.2) is 4.98 Å². The number of fused-ring (bicyclic) bond motifs is 1. The van der Waals surface area contributed by atoms with Crippen LogP contribution in [0.25, 0.3) is 11.0 Å². The summed E-state index contributed by atoms with van der Waals surface area (Å²) in [6.07, 6.45) is 5.52. The first-order chi connectivity index (χ1) is 8.88. The molecule has 0 unspecified atom stereocenters. The number of hydrogen-bond acceptors (Lipinski definition) is 5. The quantitative estimate of drug-likeness (QED) is 0.671. The van der Waals surface area contributed by atoms with E-state index in [-0.39, 0.29) is 0 Å². The van der Waals surface area contributed by atoms with Crippen LogP contribution in [0.2, 0.25) is 0 Å². The van der Waals surface area contributed by atoms with Gasteiger partial charge in [0.2, 0.25) is 5.89 Å². The van der Waals surface area contributed by atoms with Crippen LogP contribution >= 0.6 is 11.6 Å². The molecule has 92 valence electrons. The van der Waals surface area contributed by atoms with Crippen molar-refractivity contribution in [3.63, 3.8) is 0 Å². The SMILES string of the molecule is ClCc1nc2cnccc2n1CCc1ncno1. The van der Waals surface area contributed by atoms with E-state index < -0.39 is 0 Å². The first-order valence-corrected chi connectivity index (χ1v) is 6.02. The van der Waals surface area contributed by atoms with Crippen LogP contribution in [-0.4, -0.2) is 24.7 Å². The number of nitrogens with zero attached hydrogens (tertiary/aromatic N) is 5. The van der Waals surface area contributed by atoms with Gasteiger partial charge in [-0.3, -0.25) is 4.98 Å². The molecule has 0 atom stereocenters. The molecule has 0 N–H and O–H groups in total. The van der Waals surface area contributed by atoms with Crippen molar-refractivity contribution in [1.29, 1.82) is 0 Å². The number of hydrogen-bond donors (Lipinski definition) is 0. The highest BCUT2D eigenvalue weighted by Crippen LogP contribution is 2.16. The van der Waals surface area contributed by atoms with E-state index in [1.54, 1.807) is 12.4 Å². The van der Waals surface area contributed by atoms with Gasteiger partial charge in [0.1, 0.15) is 11.3 Å². The Morgan fingerprint density at radius 1 is 1.39 bits per heavy atom. The van der Waals surface area contributed by atoms with Crippen LogP contribution in [-0.2, 0) is 18.8 Å². The topological polar surface area (TPSA) is 69.6 Å². The first-order valence-electron chi connectivity index (χ1n) is 5.49. The van der Waals surface area contributed by atoms with Gasteiger partial charge in [-0.2, -0.15) is 4.98 Å². The number of aromatic nitrogens is 5. The number of pyridine rings is 1. The standard InChI is InChI=1S/C11H10ClN5O/c12-5-10-16-8-6-13-3-1-9(8)17(10)4-2-11-14-7-15-18-11/h1,3,6-7H,2,4-5H2. The Labute approximate surface area is 108 Å². The van der Waals surface area contributed by atoms with Crippen LogP contribution in [0.3, 0.4) is 0 Å². The maximum Gasteiger partial charge on any atom is 0.228 e. The molecule has 3 aromatic heterocycles. The van der Waals surface area contributed by atoms with Crippen molar-refractivity contribution in [1.82, 2.24) is 24.7 Å². The Hall–Kier alpha value is -1.95. The van der Waals surface area contributed by atoms with Gasteiger partial charge in [-0.1, -0.05) is 5.16 Å². The maximum atomic E-state index is 5.91. The Balaban J connectivity index is 1.94. The van der Waals surface area contributed by atoms with Gasteiger partial charge < -0.3 is 9.09 Å². The molecule has 0 radical (unpaired) electrons. The molecule has 0 amide bonds. The molecule has 0 bridgehead atoms. The lowest BCUT2D eigenvalue weighted by Crippen LogP contribution is -2.05. The molecule has 0 fully saturated rings. The summed E-state index contributed by atoms with van der Waals surface area (Å²) in [7, 11) is 0. The summed E-state index contributed by atoms with van der Waals surface area (Å²) in [6, 6.07) is 1.92. The molecule has 0 aliphatic carbocycles. The summed E-state index contributed by atoms with van der Waals surface area (Å²) in [6.45, 7) is 0.699. The molecule has 3 heterocycles. The largest absolute Gasteiger partial charge is 0.340 e. The van der Waals surface area contributed by atoms with Crippen molar-refractivity contribution in [3.05, 3.63) is 36.5 Å². The minimum Gasteiger partial charge on any atom is -0.340 e. The molecule has 18 heavy (non-hydrogen) atoms. The average Bonchev–Trinajstić information content (AvgIpc) is 3.03. The van der Waals surface area contributed by atoms with Gasteiger partial charge in [0.15, 0.2) is 6.33 Å². The fourth-order valence-corrected chi connectivity index (χ4v) is 2.10. The highest BCUT2D eigenvalue weighted by molar-refractivity contribution is 6.16. The third kappa shape index (κ3) is 1.95. The molecular formula is C11H10ClN5O. The normalized spacial score (nSPS) is 11.2. The Kier molecular flexibility index (Phi) is 2.93. The fraction of sp³-hybridized carbons (Fsp3) is 0.273. The monoisotopic (exact) mass is 263 g/mol. The predicted molar refractivity (Wildman–Crippen MR) is 65.1 cm³/mol. The summed E-state index contributed by atoms with van der Waals surface area (Å²) in [4.78, 5) is 12.5. The van der Waals surface area contributed by atoms with Crippen LogP contribution in [0.4, 0.5) is 0 Å². The third-order valence-corrected chi connectivity index (χ3v) is 2.94. The summed E-state index contributed by atoms with van der Waals surface area (Å²) in [5, 5.41) is 3.58. The van der Waals surface area contributed by atoms with Crippen molar-refractivity contribution in [3.8, 4) is 0 Å². The molecule has 0 aliphatic rings. The van der Waals surface area contributed by atoms with Crippen molar-refractivity contribution >= 4 is 22.6 Å². The van der Waals surface area contributed by atoms with Crippen molar-refractivity contribution < 1.29 is 4.52 Å². The lowest BCUT2D eigenvalue weighted by atomic mass is 10.3. The third-order valence-electron chi connectivity index (χ3n) is 2.71. The number of alkyl halides is 1. The molecular weight excluding hydrogens is 254 g/mol. The molecule has 0 saturated heterocycles. The number of rotatable bonds is 4. The van der Waals surface area contributed by atoms with Crippen LogP contribution < -0.4 is 0 Å². The Morgan fingerprint density at radius 3 is 3.11 bits per heavy atom. The van der Waals surface area contributed by atoms with Gasteiger partial charge in [0, 0.05) is 19.2 Å². The summed E-state index contributed by atoms with van der Waals surface area (Å²) >= 11 is 5.91. The minimum absolute atomic E-state index is 0.360. The molecule has 0 aromatic carbocycles. The second kappa shape index (κ2) is 4.73. The molecule has 0 aliphatic heterocycles. The fourth-order valence-electron chi connectivity index (χ4n) is 1.90. The number of halogens is 1. The summed E-state index contributed by atoms with van der Waals surface area (Å²) in [5.41, 5.74) is 1.86. The predicted octanol–water partition coefficient (Wildman–Crippen LogP) is 1.80. The van der Waals surface area contributed by atoms with Gasteiger partial charge in [-0.05, 0) is 6.07 Å². The van der Waals surface area contributed by atoms with E-state index in [9.17, 15) is 0 Å². The Bertz CT molecular complexity index is 649. The van der Waals surface area contributed by atoms with Gasteiger partial charge in [0.25, 0.3) is 0 Å². The zero-order chi connectivity index (χ0) is 12.4. The van der Waals surface area contributed by atoms with Crippen LogP contribution in [0.1, 0.15) is 11.7 Å². The molecule has 6 nitrogen and oxygen atoms in total. The van der Waals surface area contributed by atoms with Crippen molar-refractivity contribution in [2.75, 3.05) is 0 Å². The number of aryl methyl sites for hydroxylation is 2. The lowest BCUT2D eigenvalue weighted by molar-refractivity contribution is 0.371. The highest BCUT2D eigenvalue weighted by atomic mass is 35.5. The summed E-state index contributed by atoms with van der Waals surface area (Å²) in [5.74, 6) is 1.78. The molecule has 7 heteroatoms. The van der Waals surface area contributed by atoms with E-state index in [4.69, 9.17) is 16.1 Å². The minimum atomic E-state index is 0.360. The van der Waals surface area contributed by atoms with Gasteiger partial charge in [0.05, 0.1) is 17.6 Å². The van der Waals surface area contributed by atoms with E-state index in [0.29, 0.717) is 24.7 Å². The van der Waals surface area contributed by atoms with Crippen LogP contribution in [0.5, 0.6) is 0 Å². The van der Waals surface area contributed by atoms with E-state index >= 15 is 0 Å². The second-order valence-electron chi connectivity index (χ2n) is 3.76. The zero-order valence-corrected chi connectivity index (χ0v) is 10.2. The van der Waals surface area contributed by atoms with E-state index in [1.165, 1.54) is 6.33 Å². The second-order valence-corrected chi connectivity index (χ2v) is 4.03. The smallest absolute Gasteiger partial charge is 0.228 e. The lowest BCUT2D eigenvalue weighted by Gasteiger charge is -2.05. The van der Waals surface area contributed by atoms with Crippen molar-refractivity contribution in [2.45, 2.75) is 18.8 Å². The van der Waals surface area contributed by atoms with Crippen LogP contribution in [0.15, 0.2) is 29.3 Å². The highest BCUT2D eigenvalue weighted by Gasteiger charge is 2.10. The van der Waals surface area contributed by atoms with Crippen molar-refractivity contribution in [2.24, 2.45) is 0 Å². The molecule has 0 saturated carbocycles. The van der Waals surface area contributed by atoms with E-state index in [1.807, 2.05) is 10.6 Å². The Morgan fingerprint density at radius 2 is 2.33 bits per heavy atom. The maximum absolute atomic E-state index is 5.91. The summed E-state index contributed by atoms with van der Waals surface area (Å²) < 4.78 is 7.03. The molecule has 3 rings (SSSR count). The van der Waals surface area contributed by atoms with Gasteiger partial charge in [-0.15, -0.1) is 11.6 Å². The molecule has 0 spiro atoms. The first kappa shape index (κ1) is 11.2.